The maximum absolute atomic E-state index is 5.05. The fourth-order valence-corrected chi connectivity index (χ4v) is 2.64. The van der Waals surface area contributed by atoms with Crippen molar-refractivity contribution in [3.05, 3.63) is 0 Å². The maximum Gasteiger partial charge on any atom is 0.0587 e. The third-order valence-corrected chi connectivity index (χ3v) is 3.73. The van der Waals surface area contributed by atoms with Crippen molar-refractivity contribution in [3.8, 4) is 0 Å². The van der Waals surface area contributed by atoms with Gasteiger partial charge >= 0.3 is 0 Å². The Morgan fingerprint density at radius 3 is 2.38 bits per heavy atom. The Bertz CT molecular complexity index is 163. The first-order valence-corrected chi connectivity index (χ1v) is 6.78. The Labute approximate surface area is 101 Å². The van der Waals surface area contributed by atoms with Crippen molar-refractivity contribution < 1.29 is 4.74 Å². The third kappa shape index (κ3) is 4.40. The second-order valence-electron chi connectivity index (χ2n) is 4.73. The van der Waals surface area contributed by atoms with Crippen molar-refractivity contribution in [2.24, 2.45) is 0 Å². The lowest BCUT2D eigenvalue weighted by molar-refractivity contribution is 0.130. The molecule has 0 aromatic heterocycles. The minimum Gasteiger partial charge on any atom is -0.383 e. The molecule has 1 aliphatic heterocycles. The van der Waals surface area contributed by atoms with Crippen LogP contribution in [0.15, 0.2) is 0 Å². The van der Waals surface area contributed by atoms with Gasteiger partial charge in [0.1, 0.15) is 0 Å². The molecule has 1 N–H and O–H groups in total. The molecule has 0 aliphatic carbocycles. The van der Waals surface area contributed by atoms with Crippen LogP contribution in [0.1, 0.15) is 39.5 Å². The molecule has 0 aromatic carbocycles. The van der Waals surface area contributed by atoms with E-state index in [1.54, 1.807) is 7.11 Å². The highest BCUT2D eigenvalue weighted by molar-refractivity contribution is 4.80. The lowest BCUT2D eigenvalue weighted by Crippen LogP contribution is -2.46. The number of rotatable bonds is 7. The molecule has 0 amide bonds. The average molecular weight is 228 g/mol. The van der Waals surface area contributed by atoms with Crippen LogP contribution in [0, 0.1) is 0 Å². The van der Waals surface area contributed by atoms with E-state index in [0.717, 1.165) is 19.2 Å². The van der Waals surface area contributed by atoms with E-state index >= 15 is 0 Å². The van der Waals surface area contributed by atoms with Crippen LogP contribution in [0.2, 0.25) is 0 Å². The molecule has 0 radical (unpaired) electrons. The van der Waals surface area contributed by atoms with Gasteiger partial charge in [0.05, 0.1) is 6.61 Å². The standard InChI is InChI=1S/C13H28N2O/c1-4-13(5-2)15-9-6-12(7-10-15)14-8-11-16-3/h12-14H,4-11H2,1-3H3. The van der Waals surface area contributed by atoms with Gasteiger partial charge in [-0.05, 0) is 38.8 Å². The highest BCUT2D eigenvalue weighted by Crippen LogP contribution is 2.16. The van der Waals surface area contributed by atoms with E-state index in [0.29, 0.717) is 6.04 Å². The summed E-state index contributed by atoms with van der Waals surface area (Å²) in [5.74, 6) is 0. The van der Waals surface area contributed by atoms with Gasteiger partial charge < -0.3 is 15.0 Å². The summed E-state index contributed by atoms with van der Waals surface area (Å²) in [7, 11) is 1.76. The molecular weight excluding hydrogens is 200 g/mol. The minimum absolute atomic E-state index is 0.709. The number of piperidine rings is 1. The van der Waals surface area contributed by atoms with E-state index in [-0.39, 0.29) is 0 Å². The molecule has 1 rings (SSSR count). The van der Waals surface area contributed by atoms with Crippen molar-refractivity contribution in [1.82, 2.24) is 10.2 Å². The normalized spacial score (nSPS) is 19.5. The van der Waals surface area contributed by atoms with E-state index in [1.165, 1.54) is 38.8 Å². The van der Waals surface area contributed by atoms with Gasteiger partial charge in [-0.15, -0.1) is 0 Å². The Balaban J connectivity index is 2.17. The van der Waals surface area contributed by atoms with Gasteiger partial charge in [-0.25, -0.2) is 0 Å². The first-order chi connectivity index (χ1) is 7.81. The van der Waals surface area contributed by atoms with Gasteiger partial charge in [0.2, 0.25) is 0 Å². The summed E-state index contributed by atoms with van der Waals surface area (Å²) in [4.78, 5) is 2.66. The first kappa shape index (κ1) is 13.9. The number of ether oxygens (including phenoxy) is 1. The summed E-state index contributed by atoms with van der Waals surface area (Å²) in [5.41, 5.74) is 0. The lowest BCUT2D eigenvalue weighted by Gasteiger charge is -2.37. The molecule has 3 nitrogen and oxygen atoms in total. The molecule has 0 aromatic rings. The Morgan fingerprint density at radius 2 is 1.88 bits per heavy atom. The van der Waals surface area contributed by atoms with Gasteiger partial charge in [0.15, 0.2) is 0 Å². The summed E-state index contributed by atoms with van der Waals surface area (Å²) < 4.78 is 5.05. The second kappa shape index (κ2) is 8.04. The first-order valence-electron chi connectivity index (χ1n) is 6.78. The minimum atomic E-state index is 0.709. The van der Waals surface area contributed by atoms with Gasteiger partial charge in [-0.3, -0.25) is 0 Å². The van der Waals surface area contributed by atoms with Gasteiger partial charge in [-0.1, -0.05) is 13.8 Å². The van der Waals surface area contributed by atoms with Crippen LogP contribution in [0.25, 0.3) is 0 Å². The van der Waals surface area contributed by atoms with E-state index in [2.05, 4.69) is 24.1 Å². The highest BCUT2D eigenvalue weighted by atomic mass is 16.5. The van der Waals surface area contributed by atoms with Crippen molar-refractivity contribution in [3.63, 3.8) is 0 Å². The smallest absolute Gasteiger partial charge is 0.0587 e. The third-order valence-electron chi connectivity index (χ3n) is 3.73. The quantitative estimate of drug-likeness (QED) is 0.673. The van der Waals surface area contributed by atoms with E-state index < -0.39 is 0 Å². The van der Waals surface area contributed by atoms with E-state index in [1.807, 2.05) is 0 Å². The maximum atomic E-state index is 5.05. The van der Waals surface area contributed by atoms with Crippen LogP contribution in [0.3, 0.4) is 0 Å². The average Bonchev–Trinajstić information content (AvgIpc) is 2.33. The zero-order valence-electron chi connectivity index (χ0n) is 11.2. The van der Waals surface area contributed by atoms with Crippen LogP contribution in [-0.4, -0.2) is 50.3 Å². The number of nitrogens with zero attached hydrogens (tertiary/aromatic N) is 1. The molecule has 1 aliphatic rings. The Kier molecular flexibility index (Phi) is 7.01. The summed E-state index contributed by atoms with van der Waals surface area (Å²) >= 11 is 0. The number of likely N-dealkylation sites (tertiary alicyclic amines) is 1. The number of nitrogens with one attached hydrogen (secondary N) is 1. The molecule has 0 saturated carbocycles. The number of hydrogen-bond donors (Lipinski definition) is 1. The van der Waals surface area contributed by atoms with Crippen LogP contribution < -0.4 is 5.32 Å². The van der Waals surface area contributed by atoms with Crippen molar-refractivity contribution in [2.75, 3.05) is 33.4 Å². The molecule has 96 valence electrons. The number of methoxy groups -OCH3 is 1. The topological polar surface area (TPSA) is 24.5 Å². The molecule has 0 spiro atoms. The van der Waals surface area contributed by atoms with Gasteiger partial charge in [0.25, 0.3) is 0 Å². The molecule has 0 atom stereocenters. The molecule has 0 unspecified atom stereocenters. The molecule has 1 fully saturated rings. The molecule has 0 bridgehead atoms. The van der Waals surface area contributed by atoms with Crippen molar-refractivity contribution in [2.45, 2.75) is 51.6 Å². The van der Waals surface area contributed by atoms with E-state index in [4.69, 9.17) is 4.74 Å². The monoisotopic (exact) mass is 228 g/mol. The Hall–Kier alpha value is -0.120. The second-order valence-corrected chi connectivity index (χ2v) is 4.73. The largest absolute Gasteiger partial charge is 0.383 e. The molecular formula is C13H28N2O. The molecule has 1 saturated heterocycles. The van der Waals surface area contributed by atoms with Crippen molar-refractivity contribution >= 4 is 0 Å². The SMILES string of the molecule is CCC(CC)N1CCC(NCCOC)CC1. The fourth-order valence-electron chi connectivity index (χ4n) is 2.64. The van der Waals surface area contributed by atoms with Crippen molar-refractivity contribution in [1.29, 1.82) is 0 Å². The summed E-state index contributed by atoms with van der Waals surface area (Å²) in [5, 5.41) is 3.57. The van der Waals surface area contributed by atoms with Gasteiger partial charge in [-0.2, -0.15) is 0 Å². The predicted molar refractivity (Wildman–Crippen MR) is 68.8 cm³/mol. The van der Waals surface area contributed by atoms with E-state index in [9.17, 15) is 0 Å². The molecule has 1 heterocycles. The van der Waals surface area contributed by atoms with Crippen LogP contribution in [0.5, 0.6) is 0 Å². The Morgan fingerprint density at radius 1 is 1.25 bits per heavy atom. The summed E-state index contributed by atoms with van der Waals surface area (Å²) in [6.07, 6.45) is 5.16. The highest BCUT2D eigenvalue weighted by Gasteiger charge is 2.22. The van der Waals surface area contributed by atoms with Crippen LogP contribution in [0.4, 0.5) is 0 Å². The molecule has 16 heavy (non-hydrogen) atoms. The summed E-state index contributed by atoms with van der Waals surface area (Å²) in [6, 6.07) is 1.51. The van der Waals surface area contributed by atoms with Crippen LogP contribution in [-0.2, 0) is 4.74 Å². The zero-order valence-corrected chi connectivity index (χ0v) is 11.2. The molecule has 3 heteroatoms. The summed E-state index contributed by atoms with van der Waals surface area (Å²) in [6.45, 7) is 8.95. The zero-order chi connectivity index (χ0) is 11.8. The number of hydrogen-bond acceptors (Lipinski definition) is 3. The predicted octanol–water partition coefficient (Wildman–Crippen LogP) is 1.88. The van der Waals surface area contributed by atoms with Crippen LogP contribution >= 0.6 is 0 Å². The lowest BCUT2D eigenvalue weighted by atomic mass is 10.0. The van der Waals surface area contributed by atoms with Gasteiger partial charge in [0, 0.05) is 25.7 Å². The fraction of sp³-hybridized carbons (Fsp3) is 1.00.